The lowest BCUT2D eigenvalue weighted by Crippen LogP contribution is -2.24. The number of nitrogens with zero attached hydrogens (tertiary/aromatic N) is 2. The molecule has 1 amide bonds. The van der Waals surface area contributed by atoms with Crippen molar-refractivity contribution in [2.45, 2.75) is 6.54 Å². The van der Waals surface area contributed by atoms with Crippen molar-refractivity contribution >= 4 is 56.6 Å². The van der Waals surface area contributed by atoms with Crippen LogP contribution in [0.25, 0.3) is 10.2 Å². The van der Waals surface area contributed by atoms with Crippen molar-refractivity contribution in [1.29, 1.82) is 0 Å². The van der Waals surface area contributed by atoms with Crippen LogP contribution < -0.4 is 9.54 Å². The Morgan fingerprint density at radius 1 is 1.21 bits per heavy atom. The predicted molar refractivity (Wildman–Crippen MR) is 104 cm³/mol. The summed E-state index contributed by atoms with van der Waals surface area (Å²) in [6.07, 6.45) is 0. The van der Waals surface area contributed by atoms with Crippen LogP contribution in [0.15, 0.2) is 35.3 Å². The van der Waals surface area contributed by atoms with Gasteiger partial charge < -0.3 is 14.0 Å². The highest BCUT2D eigenvalue weighted by Crippen LogP contribution is 2.27. The number of carbonyl (C=O) groups is 2. The lowest BCUT2D eigenvalue weighted by atomic mass is 10.3. The first-order chi connectivity index (χ1) is 13.8. The van der Waals surface area contributed by atoms with Gasteiger partial charge in [0.25, 0.3) is 5.91 Å². The van der Waals surface area contributed by atoms with E-state index in [2.05, 4.69) is 9.73 Å². The average Bonchev–Trinajstić information content (AvgIpc) is 2.97. The highest BCUT2D eigenvalue weighted by molar-refractivity contribution is 7.16. The first kappa shape index (κ1) is 21.2. The molecule has 0 bridgehead atoms. The zero-order valence-corrected chi connectivity index (χ0v) is 17.1. The van der Waals surface area contributed by atoms with Crippen LogP contribution in [0.3, 0.4) is 0 Å². The van der Waals surface area contributed by atoms with Gasteiger partial charge in [0.2, 0.25) is 0 Å². The van der Waals surface area contributed by atoms with E-state index >= 15 is 0 Å². The van der Waals surface area contributed by atoms with E-state index in [4.69, 9.17) is 27.9 Å². The van der Waals surface area contributed by atoms with Gasteiger partial charge in [-0.15, -0.1) is 0 Å². The van der Waals surface area contributed by atoms with Gasteiger partial charge in [0.15, 0.2) is 17.2 Å². The maximum absolute atomic E-state index is 14.3. The van der Waals surface area contributed by atoms with Crippen LogP contribution >= 0.6 is 34.5 Å². The first-order valence-corrected chi connectivity index (χ1v) is 9.56. The van der Waals surface area contributed by atoms with Crippen LogP contribution in [0, 0.1) is 11.6 Å². The van der Waals surface area contributed by atoms with Crippen LogP contribution in [-0.2, 0) is 20.9 Å². The van der Waals surface area contributed by atoms with Gasteiger partial charge in [-0.05, 0) is 24.3 Å². The number of thiazole rings is 1. The number of benzene rings is 2. The number of esters is 1. The third-order valence-corrected chi connectivity index (χ3v) is 5.23. The number of amides is 1. The molecule has 11 heteroatoms. The number of carbonyl (C=O) groups excluding carboxylic acids is 2. The third kappa shape index (κ3) is 4.92. The summed E-state index contributed by atoms with van der Waals surface area (Å²) in [4.78, 5) is 27.8. The van der Waals surface area contributed by atoms with E-state index < -0.39 is 36.7 Å². The van der Waals surface area contributed by atoms with Crippen molar-refractivity contribution in [2.75, 3.05) is 13.7 Å². The second-order valence-electron chi connectivity index (χ2n) is 5.65. The zero-order valence-electron chi connectivity index (χ0n) is 14.7. The van der Waals surface area contributed by atoms with Crippen LogP contribution in [0.1, 0.15) is 0 Å². The minimum atomic E-state index is -0.891. The maximum atomic E-state index is 14.3. The summed E-state index contributed by atoms with van der Waals surface area (Å²) < 4.78 is 39.0. The van der Waals surface area contributed by atoms with Crippen LogP contribution in [0.4, 0.5) is 8.78 Å². The van der Waals surface area contributed by atoms with Crippen LogP contribution in [0.2, 0.25) is 10.0 Å². The average molecular weight is 461 g/mol. The van der Waals surface area contributed by atoms with Gasteiger partial charge in [-0.2, -0.15) is 4.99 Å². The van der Waals surface area contributed by atoms with Crippen molar-refractivity contribution < 1.29 is 27.8 Å². The fraction of sp³-hybridized carbons (Fsp3) is 0.167. The molecular formula is C18H12Cl2F2N2O4S. The summed E-state index contributed by atoms with van der Waals surface area (Å²) >= 11 is 12.6. The molecule has 0 spiro atoms. The Hall–Kier alpha value is -2.49. The summed E-state index contributed by atoms with van der Waals surface area (Å²) in [7, 11) is 1.17. The molecule has 1 aromatic heterocycles. The molecule has 2 aromatic carbocycles. The summed E-state index contributed by atoms with van der Waals surface area (Å²) in [5.41, 5.74) is -0.0602. The Morgan fingerprint density at radius 3 is 2.66 bits per heavy atom. The molecule has 0 aliphatic carbocycles. The third-order valence-electron chi connectivity index (χ3n) is 3.68. The molecule has 0 saturated heterocycles. The SMILES string of the molecule is COC(=O)Cn1c(=NC(=O)COc2ccc(Cl)cc2Cl)sc2cc(F)cc(F)c21. The van der Waals surface area contributed by atoms with E-state index in [-0.39, 0.29) is 25.8 Å². The molecular weight excluding hydrogens is 449 g/mol. The molecule has 0 N–H and O–H groups in total. The minimum Gasteiger partial charge on any atom is -0.482 e. The fourth-order valence-corrected chi connectivity index (χ4v) is 3.97. The van der Waals surface area contributed by atoms with Crippen molar-refractivity contribution in [3.05, 3.63) is 56.8 Å². The Morgan fingerprint density at radius 2 is 1.97 bits per heavy atom. The number of methoxy groups -OCH3 is 1. The number of rotatable bonds is 5. The molecule has 0 aliphatic rings. The summed E-state index contributed by atoms with van der Waals surface area (Å²) in [6, 6.07) is 6.25. The van der Waals surface area contributed by atoms with Gasteiger partial charge in [0, 0.05) is 11.1 Å². The van der Waals surface area contributed by atoms with Crippen LogP contribution in [0.5, 0.6) is 5.75 Å². The van der Waals surface area contributed by atoms with E-state index in [1.165, 1.54) is 25.3 Å². The van der Waals surface area contributed by atoms with E-state index in [1.54, 1.807) is 0 Å². The minimum absolute atomic E-state index is 0.00861. The Kier molecular flexibility index (Phi) is 6.51. The van der Waals surface area contributed by atoms with E-state index in [0.717, 1.165) is 22.0 Å². The maximum Gasteiger partial charge on any atom is 0.325 e. The molecule has 6 nitrogen and oxygen atoms in total. The Labute approximate surface area is 176 Å². The lowest BCUT2D eigenvalue weighted by Gasteiger charge is -2.06. The van der Waals surface area contributed by atoms with Gasteiger partial charge in [-0.25, -0.2) is 8.78 Å². The second kappa shape index (κ2) is 8.89. The number of hydrogen-bond acceptors (Lipinski definition) is 5. The fourth-order valence-electron chi connectivity index (χ4n) is 2.43. The molecule has 152 valence electrons. The smallest absolute Gasteiger partial charge is 0.325 e. The molecule has 0 radical (unpaired) electrons. The molecule has 0 aliphatic heterocycles. The molecule has 3 rings (SSSR count). The number of halogens is 4. The first-order valence-electron chi connectivity index (χ1n) is 7.99. The van der Waals surface area contributed by atoms with E-state index in [1.807, 2.05) is 0 Å². The molecule has 3 aromatic rings. The van der Waals surface area contributed by atoms with Gasteiger partial charge >= 0.3 is 5.97 Å². The number of aromatic nitrogens is 1. The Bertz CT molecular complexity index is 1180. The van der Waals surface area contributed by atoms with Crippen LogP contribution in [-0.4, -0.2) is 30.2 Å². The monoisotopic (exact) mass is 460 g/mol. The zero-order chi connectivity index (χ0) is 21.1. The van der Waals surface area contributed by atoms with Gasteiger partial charge in [0.1, 0.15) is 18.1 Å². The van der Waals surface area contributed by atoms with Gasteiger partial charge in [0.05, 0.1) is 22.3 Å². The topological polar surface area (TPSA) is 69.9 Å². The summed E-state index contributed by atoms with van der Waals surface area (Å²) in [5.74, 6) is -2.86. The number of fused-ring (bicyclic) bond motifs is 1. The largest absolute Gasteiger partial charge is 0.482 e. The van der Waals surface area contributed by atoms with Gasteiger partial charge in [-0.3, -0.25) is 9.59 Å². The van der Waals surface area contributed by atoms with Gasteiger partial charge in [-0.1, -0.05) is 34.5 Å². The predicted octanol–water partition coefficient (Wildman–Crippen LogP) is 3.97. The normalized spacial score (nSPS) is 11.7. The number of ether oxygens (including phenoxy) is 2. The van der Waals surface area contributed by atoms with Crippen molar-refractivity contribution in [1.82, 2.24) is 4.57 Å². The molecule has 0 saturated carbocycles. The van der Waals surface area contributed by atoms with Crippen molar-refractivity contribution in [2.24, 2.45) is 4.99 Å². The molecule has 0 unspecified atom stereocenters. The molecule has 29 heavy (non-hydrogen) atoms. The highest BCUT2D eigenvalue weighted by atomic mass is 35.5. The standard InChI is InChI=1S/C18H12Cl2F2N2O4S/c1-27-16(26)7-24-17-12(22)5-10(21)6-14(17)29-18(24)23-15(25)8-28-13-3-2-9(19)4-11(13)20/h2-6H,7-8H2,1H3. The Balaban J connectivity index is 1.95. The highest BCUT2D eigenvalue weighted by Gasteiger charge is 2.16. The quantitative estimate of drug-likeness (QED) is 0.540. The van der Waals surface area contributed by atoms with Crippen molar-refractivity contribution in [3.8, 4) is 5.75 Å². The molecule has 1 heterocycles. The molecule has 0 atom stereocenters. The lowest BCUT2D eigenvalue weighted by molar-refractivity contribution is -0.141. The summed E-state index contributed by atoms with van der Waals surface area (Å²) in [5, 5.41) is 0.618. The van der Waals surface area contributed by atoms with E-state index in [9.17, 15) is 18.4 Å². The summed E-state index contributed by atoms with van der Waals surface area (Å²) in [6.45, 7) is -0.875. The van der Waals surface area contributed by atoms with E-state index in [0.29, 0.717) is 11.1 Å². The second-order valence-corrected chi connectivity index (χ2v) is 7.50. The molecule has 0 fully saturated rings. The number of hydrogen-bond donors (Lipinski definition) is 0. The van der Waals surface area contributed by atoms with Crippen molar-refractivity contribution in [3.63, 3.8) is 0 Å².